The summed E-state index contributed by atoms with van der Waals surface area (Å²) in [5.41, 5.74) is 1.09. The normalized spacial score (nSPS) is 10.6. The third kappa shape index (κ3) is 2.23. The summed E-state index contributed by atoms with van der Waals surface area (Å²) in [7, 11) is 0. The second kappa shape index (κ2) is 4.11. The summed E-state index contributed by atoms with van der Waals surface area (Å²) >= 11 is 0. The third-order valence-electron chi connectivity index (χ3n) is 1.95. The van der Waals surface area contributed by atoms with Crippen LogP contribution in [0.4, 0.5) is 0 Å². The van der Waals surface area contributed by atoms with Crippen molar-refractivity contribution in [1.82, 2.24) is 15.3 Å². The lowest BCUT2D eigenvalue weighted by Gasteiger charge is -1.99. The van der Waals surface area contributed by atoms with Crippen molar-refractivity contribution in [3.05, 3.63) is 41.9 Å². The maximum Gasteiger partial charge on any atom is 0.117 e. The van der Waals surface area contributed by atoms with Gasteiger partial charge < -0.3 is 14.7 Å². The topological polar surface area (TPSA) is 53.9 Å². The van der Waals surface area contributed by atoms with Crippen molar-refractivity contribution in [1.29, 1.82) is 0 Å². The molecule has 0 saturated carbocycles. The highest BCUT2D eigenvalue weighted by Gasteiger charge is 1.97. The van der Waals surface area contributed by atoms with Crippen molar-refractivity contribution >= 4 is 0 Å². The highest BCUT2D eigenvalue weighted by molar-refractivity contribution is 5.01. The van der Waals surface area contributed by atoms with Gasteiger partial charge in [-0.25, -0.2) is 4.98 Å². The number of H-pyrrole nitrogens is 1. The molecule has 74 valence electrons. The van der Waals surface area contributed by atoms with Gasteiger partial charge in [0.15, 0.2) is 0 Å². The number of imidazole rings is 1. The van der Waals surface area contributed by atoms with E-state index in [0.717, 1.165) is 30.4 Å². The molecule has 0 bridgehead atoms. The minimum atomic E-state index is 0.741. The monoisotopic (exact) mass is 191 g/mol. The van der Waals surface area contributed by atoms with Gasteiger partial charge in [-0.3, -0.25) is 0 Å². The zero-order valence-electron chi connectivity index (χ0n) is 8.08. The Labute approximate surface area is 82.4 Å². The molecule has 2 rings (SSSR count). The quantitative estimate of drug-likeness (QED) is 0.771. The number of aryl methyl sites for hydroxylation is 1. The molecule has 0 unspecified atom stereocenters. The highest BCUT2D eigenvalue weighted by Crippen LogP contribution is 2.00. The van der Waals surface area contributed by atoms with E-state index in [1.54, 1.807) is 6.26 Å². The van der Waals surface area contributed by atoms with Crippen molar-refractivity contribution in [3.63, 3.8) is 0 Å². The number of rotatable bonds is 4. The van der Waals surface area contributed by atoms with Gasteiger partial charge in [0, 0.05) is 18.4 Å². The van der Waals surface area contributed by atoms with E-state index in [0.29, 0.717) is 0 Å². The first-order chi connectivity index (χ1) is 6.84. The zero-order valence-corrected chi connectivity index (χ0v) is 8.08. The van der Waals surface area contributed by atoms with Crippen LogP contribution in [0, 0.1) is 6.92 Å². The van der Waals surface area contributed by atoms with E-state index in [9.17, 15) is 0 Å². The van der Waals surface area contributed by atoms with Crippen LogP contribution < -0.4 is 5.32 Å². The fraction of sp³-hybridized carbons (Fsp3) is 0.300. The first-order valence-corrected chi connectivity index (χ1v) is 4.58. The number of aromatic amines is 1. The standard InChI is InChI=1S/C10H13N3O/c1-8-12-6-9(13-8)5-11-7-10-3-2-4-14-10/h2-4,6,11H,5,7H2,1H3,(H,12,13). The van der Waals surface area contributed by atoms with Gasteiger partial charge in [0.25, 0.3) is 0 Å². The fourth-order valence-electron chi connectivity index (χ4n) is 1.30. The lowest BCUT2D eigenvalue weighted by molar-refractivity contribution is 0.482. The molecule has 0 radical (unpaired) electrons. The molecular weight excluding hydrogens is 178 g/mol. The van der Waals surface area contributed by atoms with E-state index >= 15 is 0 Å². The van der Waals surface area contributed by atoms with Crippen molar-refractivity contribution in [2.45, 2.75) is 20.0 Å². The Morgan fingerprint density at radius 1 is 1.50 bits per heavy atom. The minimum Gasteiger partial charge on any atom is -0.468 e. The van der Waals surface area contributed by atoms with E-state index in [-0.39, 0.29) is 0 Å². The van der Waals surface area contributed by atoms with Gasteiger partial charge >= 0.3 is 0 Å². The van der Waals surface area contributed by atoms with Crippen molar-refractivity contribution in [3.8, 4) is 0 Å². The molecule has 0 atom stereocenters. The number of nitrogens with zero attached hydrogens (tertiary/aromatic N) is 1. The second-order valence-electron chi connectivity index (χ2n) is 3.18. The third-order valence-corrected chi connectivity index (χ3v) is 1.95. The van der Waals surface area contributed by atoms with Crippen LogP contribution in [0.2, 0.25) is 0 Å². The van der Waals surface area contributed by atoms with E-state index in [1.807, 2.05) is 25.3 Å². The molecule has 2 heterocycles. The van der Waals surface area contributed by atoms with Crippen molar-refractivity contribution in [2.75, 3.05) is 0 Å². The lowest BCUT2D eigenvalue weighted by Crippen LogP contribution is -2.12. The zero-order chi connectivity index (χ0) is 9.80. The Kier molecular flexibility index (Phi) is 2.65. The summed E-state index contributed by atoms with van der Waals surface area (Å²) in [5, 5.41) is 3.25. The van der Waals surface area contributed by atoms with E-state index in [2.05, 4.69) is 15.3 Å². The molecule has 0 fully saturated rings. The van der Waals surface area contributed by atoms with Gasteiger partial charge in [-0.2, -0.15) is 0 Å². The average molecular weight is 191 g/mol. The van der Waals surface area contributed by atoms with Gasteiger partial charge in [0.1, 0.15) is 11.6 Å². The van der Waals surface area contributed by atoms with Gasteiger partial charge in [-0.15, -0.1) is 0 Å². The Morgan fingerprint density at radius 3 is 3.07 bits per heavy atom. The summed E-state index contributed by atoms with van der Waals surface area (Å²) in [4.78, 5) is 7.27. The number of hydrogen-bond acceptors (Lipinski definition) is 3. The molecule has 0 aliphatic heterocycles. The molecule has 0 aliphatic rings. The van der Waals surface area contributed by atoms with Crippen LogP contribution in [0.25, 0.3) is 0 Å². The lowest BCUT2D eigenvalue weighted by atomic mass is 10.4. The fourth-order valence-corrected chi connectivity index (χ4v) is 1.30. The SMILES string of the molecule is Cc1ncc(CNCc2ccco2)[nH]1. The Hall–Kier alpha value is -1.55. The smallest absolute Gasteiger partial charge is 0.117 e. The predicted molar refractivity (Wildman–Crippen MR) is 52.6 cm³/mol. The van der Waals surface area contributed by atoms with Crippen LogP contribution in [0.15, 0.2) is 29.0 Å². The first kappa shape index (κ1) is 9.02. The van der Waals surface area contributed by atoms with Crippen LogP contribution >= 0.6 is 0 Å². The maximum absolute atomic E-state index is 5.19. The van der Waals surface area contributed by atoms with Crippen LogP contribution in [0.5, 0.6) is 0 Å². The number of furan rings is 1. The molecule has 4 heteroatoms. The molecule has 0 saturated heterocycles. The molecule has 4 nitrogen and oxygen atoms in total. The summed E-state index contributed by atoms with van der Waals surface area (Å²) in [6, 6.07) is 3.84. The van der Waals surface area contributed by atoms with Gasteiger partial charge in [0.2, 0.25) is 0 Å². The molecule has 0 amide bonds. The Bertz CT molecular complexity index is 378. The first-order valence-electron chi connectivity index (χ1n) is 4.58. The number of aromatic nitrogens is 2. The van der Waals surface area contributed by atoms with Gasteiger partial charge in [0.05, 0.1) is 12.8 Å². The number of hydrogen-bond donors (Lipinski definition) is 2. The Balaban J connectivity index is 1.78. The summed E-state index contributed by atoms with van der Waals surface area (Å²) in [6.07, 6.45) is 3.52. The van der Waals surface area contributed by atoms with Gasteiger partial charge in [-0.1, -0.05) is 0 Å². The molecule has 2 aromatic rings. The van der Waals surface area contributed by atoms with E-state index < -0.39 is 0 Å². The minimum absolute atomic E-state index is 0.741. The maximum atomic E-state index is 5.19. The molecule has 14 heavy (non-hydrogen) atoms. The molecule has 0 aromatic carbocycles. The van der Waals surface area contributed by atoms with Crippen LogP contribution in [-0.2, 0) is 13.1 Å². The molecule has 2 aromatic heterocycles. The highest BCUT2D eigenvalue weighted by atomic mass is 16.3. The summed E-state index contributed by atoms with van der Waals surface area (Å²) in [6.45, 7) is 3.46. The second-order valence-corrected chi connectivity index (χ2v) is 3.18. The van der Waals surface area contributed by atoms with Crippen molar-refractivity contribution in [2.24, 2.45) is 0 Å². The largest absolute Gasteiger partial charge is 0.468 e. The Morgan fingerprint density at radius 2 is 2.43 bits per heavy atom. The molecule has 0 spiro atoms. The molecule has 0 aliphatic carbocycles. The number of nitrogens with one attached hydrogen (secondary N) is 2. The summed E-state index contributed by atoms with van der Waals surface area (Å²) < 4.78 is 5.19. The van der Waals surface area contributed by atoms with E-state index in [4.69, 9.17) is 4.42 Å². The van der Waals surface area contributed by atoms with E-state index in [1.165, 1.54) is 0 Å². The van der Waals surface area contributed by atoms with Crippen molar-refractivity contribution < 1.29 is 4.42 Å². The average Bonchev–Trinajstić information content (AvgIpc) is 2.77. The van der Waals surface area contributed by atoms with Gasteiger partial charge in [-0.05, 0) is 19.1 Å². The molecule has 2 N–H and O–H groups in total. The molecular formula is C10H13N3O. The predicted octanol–water partition coefficient (Wildman–Crippen LogP) is 1.60. The van der Waals surface area contributed by atoms with Crippen LogP contribution in [0.1, 0.15) is 17.3 Å². The van der Waals surface area contributed by atoms with Crippen LogP contribution in [0.3, 0.4) is 0 Å². The summed E-state index contributed by atoms with van der Waals surface area (Å²) in [5.74, 6) is 1.89. The van der Waals surface area contributed by atoms with Crippen LogP contribution in [-0.4, -0.2) is 9.97 Å².